The van der Waals surface area contributed by atoms with Crippen molar-refractivity contribution in [3.8, 4) is 0 Å². The van der Waals surface area contributed by atoms with Gasteiger partial charge in [-0.05, 0) is 40.8 Å². The van der Waals surface area contributed by atoms with Crippen LogP contribution in [-0.4, -0.2) is 27.4 Å². The number of benzene rings is 1. The van der Waals surface area contributed by atoms with Gasteiger partial charge in [0.05, 0.1) is 17.8 Å². The molecule has 0 aromatic heterocycles. The summed E-state index contributed by atoms with van der Waals surface area (Å²) in [4.78, 5) is 0. The lowest BCUT2D eigenvalue weighted by Crippen LogP contribution is -2.41. The van der Waals surface area contributed by atoms with Crippen molar-refractivity contribution < 1.29 is 18.1 Å². The molecule has 0 amide bonds. The lowest BCUT2D eigenvalue weighted by Gasteiger charge is -2.32. The molecule has 1 fully saturated rings. The molecular weight excluding hydrogens is 286 g/mol. The van der Waals surface area contributed by atoms with E-state index in [1.807, 2.05) is 33.8 Å². The highest BCUT2D eigenvalue weighted by Gasteiger charge is 2.52. The van der Waals surface area contributed by atoms with Crippen molar-refractivity contribution in [2.75, 3.05) is 0 Å². The molecule has 1 aliphatic heterocycles. The minimum atomic E-state index is -1.18. The normalized spacial score (nSPS) is 20.3. The maximum Gasteiger partial charge on any atom is 0.497 e. The first-order valence-corrected chi connectivity index (χ1v) is 10.2. The topological polar surface area (TPSA) is 27.7 Å². The first kappa shape index (κ1) is 16.7. The van der Waals surface area contributed by atoms with Gasteiger partial charge in [-0.25, -0.2) is 4.39 Å². The molecule has 0 unspecified atom stereocenters. The maximum atomic E-state index is 14.7. The van der Waals surface area contributed by atoms with Crippen LogP contribution in [0.15, 0.2) is 18.2 Å². The van der Waals surface area contributed by atoms with Gasteiger partial charge in [-0.15, -0.1) is 0 Å². The van der Waals surface area contributed by atoms with E-state index in [1.165, 1.54) is 0 Å². The molecule has 6 heteroatoms. The fourth-order valence-corrected chi connectivity index (χ4v) is 2.63. The van der Waals surface area contributed by atoms with Gasteiger partial charge in [-0.1, -0.05) is 18.2 Å². The van der Waals surface area contributed by atoms with Gasteiger partial charge < -0.3 is 13.7 Å². The quantitative estimate of drug-likeness (QED) is 0.800. The van der Waals surface area contributed by atoms with Crippen LogP contribution in [-0.2, 0) is 20.3 Å². The Morgan fingerprint density at radius 2 is 1.71 bits per heavy atom. The number of hydrogen-bond donors (Lipinski definition) is 0. The summed E-state index contributed by atoms with van der Waals surface area (Å²) in [5.74, 6) is -0.286. The second kappa shape index (κ2) is 5.84. The zero-order valence-electron chi connectivity index (χ0n) is 13.7. The highest BCUT2D eigenvalue weighted by molar-refractivity contribution is 6.62. The Hall–Kier alpha value is -0.688. The standard InChI is InChI=1S/C15H24BFO3Si/c1-14(2)15(3,4)20-16(19-14)12-9-7-8-11(13(12)17)10-18-21(5)6/h7-9,21H,10H2,1-6H3. The van der Waals surface area contributed by atoms with Crippen molar-refractivity contribution >= 4 is 21.6 Å². The van der Waals surface area contributed by atoms with Gasteiger partial charge in [0.15, 0.2) is 9.04 Å². The van der Waals surface area contributed by atoms with Gasteiger partial charge in [-0.3, -0.25) is 0 Å². The highest BCUT2D eigenvalue weighted by atomic mass is 28.3. The Bertz CT molecular complexity index is 504. The summed E-state index contributed by atoms with van der Waals surface area (Å²) >= 11 is 0. The van der Waals surface area contributed by atoms with Crippen molar-refractivity contribution in [3.05, 3.63) is 29.6 Å². The fraction of sp³-hybridized carbons (Fsp3) is 0.600. The average Bonchev–Trinajstić information content (AvgIpc) is 2.57. The van der Waals surface area contributed by atoms with Gasteiger partial charge in [0, 0.05) is 11.0 Å². The van der Waals surface area contributed by atoms with Crippen molar-refractivity contribution in [3.63, 3.8) is 0 Å². The molecule has 1 heterocycles. The molecule has 1 aromatic rings. The van der Waals surface area contributed by atoms with Crippen molar-refractivity contribution in [2.45, 2.75) is 58.6 Å². The van der Waals surface area contributed by atoms with Crippen LogP contribution in [0.4, 0.5) is 4.39 Å². The molecule has 0 spiro atoms. The molecule has 116 valence electrons. The largest absolute Gasteiger partial charge is 0.497 e. The van der Waals surface area contributed by atoms with E-state index >= 15 is 0 Å². The first-order chi connectivity index (χ1) is 9.64. The van der Waals surface area contributed by atoms with E-state index in [-0.39, 0.29) is 5.82 Å². The summed E-state index contributed by atoms with van der Waals surface area (Å²) in [6, 6.07) is 5.29. The lowest BCUT2D eigenvalue weighted by molar-refractivity contribution is 0.00578. The van der Waals surface area contributed by atoms with Gasteiger partial charge >= 0.3 is 7.12 Å². The number of rotatable bonds is 4. The van der Waals surface area contributed by atoms with Gasteiger partial charge in [0.1, 0.15) is 5.82 Å². The Labute approximate surface area is 128 Å². The van der Waals surface area contributed by atoms with Crippen LogP contribution < -0.4 is 5.46 Å². The summed E-state index contributed by atoms with van der Waals surface area (Å²) < 4.78 is 32.1. The third kappa shape index (κ3) is 3.39. The van der Waals surface area contributed by atoms with Gasteiger partial charge in [-0.2, -0.15) is 0 Å². The van der Waals surface area contributed by atoms with E-state index in [9.17, 15) is 4.39 Å². The summed E-state index contributed by atoms with van der Waals surface area (Å²) in [5, 5.41) is 0. The first-order valence-electron chi connectivity index (χ1n) is 7.38. The Morgan fingerprint density at radius 1 is 1.14 bits per heavy atom. The molecule has 1 aliphatic rings. The van der Waals surface area contributed by atoms with Crippen LogP contribution in [0, 0.1) is 5.82 Å². The zero-order valence-corrected chi connectivity index (χ0v) is 14.9. The molecule has 21 heavy (non-hydrogen) atoms. The summed E-state index contributed by atoms with van der Waals surface area (Å²) in [5.41, 5.74) is 0.0618. The second-order valence-electron chi connectivity index (χ2n) is 6.77. The molecule has 1 aromatic carbocycles. The van der Waals surface area contributed by atoms with Crippen molar-refractivity contribution in [2.24, 2.45) is 0 Å². The second-order valence-corrected chi connectivity index (χ2v) is 9.20. The predicted molar refractivity (Wildman–Crippen MR) is 85.8 cm³/mol. The Morgan fingerprint density at radius 3 is 2.24 bits per heavy atom. The third-order valence-electron chi connectivity index (χ3n) is 4.19. The van der Waals surface area contributed by atoms with Crippen LogP contribution in [0.3, 0.4) is 0 Å². The molecule has 0 atom stereocenters. The smallest absolute Gasteiger partial charge is 0.416 e. The molecule has 1 saturated heterocycles. The maximum absolute atomic E-state index is 14.7. The lowest BCUT2D eigenvalue weighted by atomic mass is 9.78. The summed E-state index contributed by atoms with van der Waals surface area (Å²) in [6.45, 7) is 12.3. The monoisotopic (exact) mass is 310 g/mol. The van der Waals surface area contributed by atoms with E-state index in [4.69, 9.17) is 13.7 Å². The van der Waals surface area contributed by atoms with E-state index in [2.05, 4.69) is 13.1 Å². The molecule has 0 saturated carbocycles. The van der Waals surface area contributed by atoms with Crippen LogP contribution in [0.1, 0.15) is 33.3 Å². The van der Waals surface area contributed by atoms with E-state index < -0.39 is 27.4 Å². The van der Waals surface area contributed by atoms with Crippen molar-refractivity contribution in [1.29, 1.82) is 0 Å². The van der Waals surface area contributed by atoms with Crippen LogP contribution in [0.5, 0.6) is 0 Å². The van der Waals surface area contributed by atoms with Crippen LogP contribution >= 0.6 is 0 Å². The molecule has 3 nitrogen and oxygen atoms in total. The summed E-state index contributed by atoms with van der Waals surface area (Å²) in [7, 11) is -1.85. The zero-order chi connectivity index (χ0) is 15.8. The van der Waals surface area contributed by atoms with Crippen LogP contribution in [0.2, 0.25) is 13.1 Å². The molecular formula is C15H24BFO3Si. The van der Waals surface area contributed by atoms with E-state index in [1.54, 1.807) is 12.1 Å². The summed E-state index contributed by atoms with van der Waals surface area (Å²) in [6.07, 6.45) is 0. The number of hydrogen-bond acceptors (Lipinski definition) is 3. The number of halogens is 1. The SMILES string of the molecule is C[SiH](C)OCc1cccc(B2OC(C)(C)C(C)(C)O2)c1F. The van der Waals surface area contributed by atoms with Crippen LogP contribution in [0.25, 0.3) is 0 Å². The molecule has 2 rings (SSSR count). The molecule has 0 radical (unpaired) electrons. The average molecular weight is 310 g/mol. The van der Waals surface area contributed by atoms with E-state index in [0.29, 0.717) is 17.6 Å². The predicted octanol–water partition coefficient (Wildman–Crippen LogP) is 2.62. The Balaban J connectivity index is 2.24. The van der Waals surface area contributed by atoms with Gasteiger partial charge in [0.2, 0.25) is 0 Å². The minimum absolute atomic E-state index is 0.286. The third-order valence-corrected chi connectivity index (χ3v) is 5.02. The molecule has 0 aliphatic carbocycles. The fourth-order valence-electron chi connectivity index (χ4n) is 2.12. The van der Waals surface area contributed by atoms with E-state index in [0.717, 1.165) is 0 Å². The highest BCUT2D eigenvalue weighted by Crippen LogP contribution is 2.36. The molecule has 0 bridgehead atoms. The Kier molecular flexibility index (Phi) is 4.63. The van der Waals surface area contributed by atoms with Crippen molar-refractivity contribution in [1.82, 2.24) is 0 Å². The molecule has 0 N–H and O–H groups in total. The van der Waals surface area contributed by atoms with Gasteiger partial charge in [0.25, 0.3) is 0 Å². The minimum Gasteiger partial charge on any atom is -0.416 e.